The van der Waals surface area contributed by atoms with Gasteiger partial charge in [-0.1, -0.05) is 19.1 Å². The maximum atomic E-state index is 12.3. The lowest BCUT2D eigenvalue weighted by Gasteiger charge is -2.16. The maximum Gasteiger partial charge on any atom is 0.251 e. The largest absolute Gasteiger partial charge is 0.348 e. The van der Waals surface area contributed by atoms with Crippen molar-refractivity contribution in [2.24, 2.45) is 0 Å². The van der Waals surface area contributed by atoms with Gasteiger partial charge in [0, 0.05) is 36.3 Å². The number of hydrogen-bond acceptors (Lipinski definition) is 4. The number of nitrogens with zero attached hydrogens (tertiary/aromatic N) is 1. The van der Waals surface area contributed by atoms with E-state index in [1.54, 1.807) is 48.2 Å². The molecule has 3 rings (SSSR count). The first-order chi connectivity index (χ1) is 15.4. The number of anilines is 2. The Morgan fingerprint density at radius 1 is 1.00 bits per heavy atom. The van der Waals surface area contributed by atoms with Gasteiger partial charge < -0.3 is 20.9 Å². The zero-order valence-electron chi connectivity index (χ0n) is 18.3. The molecule has 2 aromatic carbocycles. The molecule has 0 saturated carbocycles. The summed E-state index contributed by atoms with van der Waals surface area (Å²) in [7, 11) is 0. The fourth-order valence-corrected chi connectivity index (χ4v) is 3.46. The number of nitrogens with one attached hydrogen (secondary N) is 3. The minimum Gasteiger partial charge on any atom is -0.348 e. The molecule has 3 N–H and O–H groups in total. The molecule has 4 amide bonds. The summed E-state index contributed by atoms with van der Waals surface area (Å²) in [5.41, 5.74) is 2.78. The molecule has 0 aromatic heterocycles. The van der Waals surface area contributed by atoms with Crippen molar-refractivity contribution in [2.45, 2.75) is 39.2 Å². The Hall–Kier alpha value is -3.68. The molecule has 168 valence electrons. The molecule has 0 spiro atoms. The summed E-state index contributed by atoms with van der Waals surface area (Å²) in [5, 5.41) is 8.23. The van der Waals surface area contributed by atoms with Gasteiger partial charge in [-0.3, -0.25) is 19.2 Å². The first kappa shape index (κ1) is 23.0. The first-order valence-electron chi connectivity index (χ1n) is 10.7. The summed E-state index contributed by atoms with van der Waals surface area (Å²) in [6.45, 7) is 4.17. The average molecular weight is 437 g/mol. The molecule has 1 aliphatic rings. The van der Waals surface area contributed by atoms with Gasteiger partial charge in [0.25, 0.3) is 5.91 Å². The minimum atomic E-state index is -0.358. The van der Waals surface area contributed by atoms with Crippen LogP contribution >= 0.6 is 0 Å². The second-order valence-electron chi connectivity index (χ2n) is 7.69. The van der Waals surface area contributed by atoms with E-state index in [2.05, 4.69) is 16.0 Å². The minimum absolute atomic E-state index is 0.0611. The van der Waals surface area contributed by atoms with E-state index < -0.39 is 0 Å². The number of hydrogen-bond donors (Lipinski definition) is 3. The van der Waals surface area contributed by atoms with Gasteiger partial charge in [-0.15, -0.1) is 0 Å². The van der Waals surface area contributed by atoms with Crippen LogP contribution in [0.1, 0.15) is 55.1 Å². The van der Waals surface area contributed by atoms with Crippen LogP contribution in [0.3, 0.4) is 0 Å². The third-order valence-corrected chi connectivity index (χ3v) is 5.32. The van der Waals surface area contributed by atoms with Crippen molar-refractivity contribution in [3.8, 4) is 0 Å². The molecule has 1 fully saturated rings. The number of benzene rings is 2. The van der Waals surface area contributed by atoms with Crippen LogP contribution in [0.4, 0.5) is 11.4 Å². The molecule has 0 radical (unpaired) electrons. The fraction of sp³-hybridized carbons (Fsp3) is 0.333. The molecular formula is C24H28N4O4. The van der Waals surface area contributed by atoms with Gasteiger partial charge in [0.1, 0.15) is 0 Å². The molecule has 1 saturated heterocycles. The van der Waals surface area contributed by atoms with Crippen molar-refractivity contribution in [2.75, 3.05) is 23.3 Å². The van der Waals surface area contributed by atoms with Crippen molar-refractivity contribution >= 4 is 35.0 Å². The number of carbonyl (C=O) groups is 4. The third-order valence-electron chi connectivity index (χ3n) is 5.32. The number of carbonyl (C=O) groups excluding carboxylic acids is 4. The molecule has 8 nitrogen and oxygen atoms in total. The summed E-state index contributed by atoms with van der Waals surface area (Å²) >= 11 is 0. The van der Waals surface area contributed by atoms with Gasteiger partial charge in [0.15, 0.2) is 0 Å². The van der Waals surface area contributed by atoms with E-state index in [1.807, 2.05) is 19.1 Å². The maximum absolute atomic E-state index is 12.3. The molecule has 8 heteroatoms. The summed E-state index contributed by atoms with van der Waals surface area (Å²) in [6.07, 6.45) is 1.80. The number of rotatable bonds is 8. The Labute approximate surface area is 187 Å². The van der Waals surface area contributed by atoms with Crippen molar-refractivity contribution in [3.05, 3.63) is 59.7 Å². The van der Waals surface area contributed by atoms with E-state index in [1.165, 1.54) is 0 Å². The molecule has 32 heavy (non-hydrogen) atoms. The second kappa shape index (κ2) is 10.6. The van der Waals surface area contributed by atoms with Gasteiger partial charge >= 0.3 is 0 Å². The van der Waals surface area contributed by atoms with E-state index >= 15 is 0 Å². The first-order valence-corrected chi connectivity index (χ1v) is 10.7. The highest BCUT2D eigenvalue weighted by Gasteiger charge is 2.21. The Bertz CT molecular complexity index is 986. The smallest absolute Gasteiger partial charge is 0.251 e. The lowest BCUT2D eigenvalue weighted by molar-refractivity contribution is -0.121. The molecule has 0 aliphatic carbocycles. The van der Waals surface area contributed by atoms with E-state index in [0.717, 1.165) is 17.7 Å². The van der Waals surface area contributed by atoms with Crippen molar-refractivity contribution in [1.82, 2.24) is 10.6 Å². The van der Waals surface area contributed by atoms with Crippen molar-refractivity contribution in [1.29, 1.82) is 0 Å². The molecule has 1 atom stereocenters. The average Bonchev–Trinajstić information content (AvgIpc) is 3.23. The second-order valence-corrected chi connectivity index (χ2v) is 7.69. The van der Waals surface area contributed by atoms with Gasteiger partial charge in [-0.05, 0) is 55.3 Å². The van der Waals surface area contributed by atoms with Crippen LogP contribution < -0.4 is 20.9 Å². The van der Waals surface area contributed by atoms with Crippen LogP contribution in [-0.2, 0) is 14.4 Å². The van der Waals surface area contributed by atoms with E-state index in [0.29, 0.717) is 30.6 Å². The third kappa shape index (κ3) is 5.94. The Balaban J connectivity index is 1.47. The van der Waals surface area contributed by atoms with Crippen LogP contribution in [0.5, 0.6) is 0 Å². The fourth-order valence-electron chi connectivity index (χ4n) is 3.46. The van der Waals surface area contributed by atoms with E-state index in [9.17, 15) is 19.2 Å². The van der Waals surface area contributed by atoms with Gasteiger partial charge in [0.2, 0.25) is 17.7 Å². The van der Waals surface area contributed by atoms with E-state index in [4.69, 9.17) is 0 Å². The molecule has 1 unspecified atom stereocenters. The number of amides is 4. The summed E-state index contributed by atoms with van der Waals surface area (Å²) < 4.78 is 0. The monoisotopic (exact) mass is 436 g/mol. The van der Waals surface area contributed by atoms with Gasteiger partial charge in [-0.2, -0.15) is 0 Å². The molecule has 0 bridgehead atoms. The molecule has 1 heterocycles. The zero-order valence-corrected chi connectivity index (χ0v) is 18.3. The summed E-state index contributed by atoms with van der Waals surface area (Å²) in [4.78, 5) is 49.6. The van der Waals surface area contributed by atoms with Gasteiger partial charge in [-0.25, -0.2) is 0 Å². The SMILES string of the molecule is CCC(=O)Nc1ccc(C(C)NC(=O)CNC(=O)c2ccc(N3CCCC3=O)cc2)cc1. The predicted octanol–water partition coefficient (Wildman–Crippen LogP) is 2.77. The van der Waals surface area contributed by atoms with Crippen molar-refractivity contribution < 1.29 is 19.2 Å². The van der Waals surface area contributed by atoms with Crippen LogP contribution in [0.25, 0.3) is 0 Å². The quantitative estimate of drug-likeness (QED) is 0.591. The summed E-state index contributed by atoms with van der Waals surface area (Å²) in [5.74, 6) is -0.640. The Kier molecular flexibility index (Phi) is 7.59. The zero-order chi connectivity index (χ0) is 23.1. The topological polar surface area (TPSA) is 108 Å². The molecule has 1 aliphatic heterocycles. The highest BCUT2D eigenvalue weighted by molar-refractivity contribution is 5.98. The lowest BCUT2D eigenvalue weighted by Crippen LogP contribution is -2.38. The van der Waals surface area contributed by atoms with Crippen LogP contribution in [0.15, 0.2) is 48.5 Å². The molecule has 2 aromatic rings. The Morgan fingerprint density at radius 3 is 2.28 bits per heavy atom. The van der Waals surface area contributed by atoms with Crippen LogP contribution in [-0.4, -0.2) is 36.7 Å². The highest BCUT2D eigenvalue weighted by Crippen LogP contribution is 2.21. The normalized spacial score (nSPS) is 14.1. The molecular weight excluding hydrogens is 408 g/mol. The predicted molar refractivity (Wildman–Crippen MR) is 122 cm³/mol. The van der Waals surface area contributed by atoms with Crippen molar-refractivity contribution in [3.63, 3.8) is 0 Å². The Morgan fingerprint density at radius 2 is 1.69 bits per heavy atom. The van der Waals surface area contributed by atoms with Gasteiger partial charge in [0.05, 0.1) is 12.6 Å². The summed E-state index contributed by atoms with van der Waals surface area (Å²) in [6, 6.07) is 13.8. The lowest BCUT2D eigenvalue weighted by atomic mass is 10.1. The highest BCUT2D eigenvalue weighted by atomic mass is 16.2. The standard InChI is InChI=1S/C24H28N4O4/c1-3-21(29)27-19-10-6-17(7-11-19)16(2)26-22(30)15-25-24(32)18-8-12-20(13-9-18)28-14-4-5-23(28)31/h6-13,16H,3-5,14-15H2,1-2H3,(H,25,32)(H,26,30)(H,27,29). The van der Waals surface area contributed by atoms with Crippen LogP contribution in [0.2, 0.25) is 0 Å². The van der Waals surface area contributed by atoms with Crippen LogP contribution in [0, 0.1) is 0 Å². The van der Waals surface area contributed by atoms with E-state index in [-0.39, 0.29) is 36.2 Å².